The molecule has 6 heteroatoms. The molecule has 3 aromatic rings. The number of fused-ring (bicyclic) bond motifs is 1. The maximum atomic E-state index is 12.0. The number of aryl methyl sites for hydroxylation is 1. The SMILES string of the molecule is Cc1[nH]c2ccccc2c1/C=N/NC(=O)c1cc(O)cc(O)c1. The van der Waals surface area contributed by atoms with Crippen LogP contribution in [-0.2, 0) is 0 Å². The van der Waals surface area contributed by atoms with E-state index in [0.29, 0.717) is 0 Å². The molecule has 4 N–H and O–H groups in total. The van der Waals surface area contributed by atoms with E-state index in [-0.39, 0.29) is 17.1 Å². The molecule has 0 fully saturated rings. The van der Waals surface area contributed by atoms with Gasteiger partial charge in [-0.15, -0.1) is 0 Å². The van der Waals surface area contributed by atoms with Gasteiger partial charge in [-0.05, 0) is 25.1 Å². The van der Waals surface area contributed by atoms with Crippen LogP contribution in [0.3, 0.4) is 0 Å². The molecular formula is C17H15N3O3. The lowest BCUT2D eigenvalue weighted by Crippen LogP contribution is -2.17. The van der Waals surface area contributed by atoms with Gasteiger partial charge in [0.1, 0.15) is 11.5 Å². The Bertz CT molecular complexity index is 892. The lowest BCUT2D eigenvalue weighted by Gasteiger charge is -2.02. The van der Waals surface area contributed by atoms with Gasteiger partial charge in [0.25, 0.3) is 5.91 Å². The Hall–Kier alpha value is -3.28. The lowest BCUT2D eigenvalue weighted by molar-refractivity contribution is 0.0954. The van der Waals surface area contributed by atoms with Crippen molar-refractivity contribution in [1.29, 1.82) is 0 Å². The Morgan fingerprint density at radius 1 is 1.17 bits per heavy atom. The Kier molecular flexibility index (Phi) is 3.72. The molecule has 0 aliphatic carbocycles. The number of aromatic nitrogens is 1. The number of hydrogen-bond donors (Lipinski definition) is 4. The zero-order valence-corrected chi connectivity index (χ0v) is 12.4. The average Bonchev–Trinajstić information content (AvgIpc) is 2.82. The summed E-state index contributed by atoms with van der Waals surface area (Å²) >= 11 is 0. The van der Waals surface area contributed by atoms with Crippen LogP contribution in [0, 0.1) is 6.92 Å². The number of aromatic hydroxyl groups is 2. The highest BCUT2D eigenvalue weighted by molar-refractivity contribution is 6.01. The second kappa shape index (κ2) is 5.84. The number of para-hydroxylation sites is 1. The number of H-pyrrole nitrogens is 1. The van der Waals surface area contributed by atoms with Crippen molar-refractivity contribution in [3.8, 4) is 11.5 Å². The van der Waals surface area contributed by atoms with Gasteiger partial charge in [0.15, 0.2) is 0 Å². The third kappa shape index (κ3) is 3.01. The number of rotatable bonds is 3. The van der Waals surface area contributed by atoms with E-state index in [1.165, 1.54) is 12.1 Å². The largest absolute Gasteiger partial charge is 0.508 e. The third-order valence-electron chi connectivity index (χ3n) is 3.47. The summed E-state index contributed by atoms with van der Waals surface area (Å²) in [7, 11) is 0. The van der Waals surface area contributed by atoms with Crippen LogP contribution in [0.25, 0.3) is 10.9 Å². The van der Waals surface area contributed by atoms with Gasteiger partial charge in [-0.25, -0.2) is 5.43 Å². The van der Waals surface area contributed by atoms with Gasteiger partial charge in [0, 0.05) is 33.8 Å². The van der Waals surface area contributed by atoms with E-state index >= 15 is 0 Å². The van der Waals surface area contributed by atoms with Crippen molar-refractivity contribution in [2.75, 3.05) is 0 Å². The van der Waals surface area contributed by atoms with Gasteiger partial charge in [0.05, 0.1) is 6.21 Å². The summed E-state index contributed by atoms with van der Waals surface area (Å²) in [6, 6.07) is 11.5. The van der Waals surface area contributed by atoms with Crippen molar-refractivity contribution in [2.45, 2.75) is 6.92 Å². The number of aromatic amines is 1. The highest BCUT2D eigenvalue weighted by atomic mass is 16.3. The summed E-state index contributed by atoms with van der Waals surface area (Å²) < 4.78 is 0. The van der Waals surface area contributed by atoms with E-state index in [0.717, 1.165) is 28.2 Å². The zero-order chi connectivity index (χ0) is 16.4. The van der Waals surface area contributed by atoms with Crippen LogP contribution in [0.4, 0.5) is 0 Å². The molecule has 1 aromatic heterocycles. The quantitative estimate of drug-likeness (QED) is 0.442. The summed E-state index contributed by atoms with van der Waals surface area (Å²) in [4.78, 5) is 15.2. The molecular weight excluding hydrogens is 294 g/mol. The van der Waals surface area contributed by atoms with Gasteiger partial charge in [-0.3, -0.25) is 4.79 Å². The van der Waals surface area contributed by atoms with Crippen molar-refractivity contribution < 1.29 is 15.0 Å². The Morgan fingerprint density at radius 2 is 1.87 bits per heavy atom. The first-order valence-corrected chi connectivity index (χ1v) is 6.98. The van der Waals surface area contributed by atoms with Crippen molar-refractivity contribution in [2.24, 2.45) is 5.10 Å². The minimum absolute atomic E-state index is 0.121. The van der Waals surface area contributed by atoms with E-state index in [2.05, 4.69) is 15.5 Å². The summed E-state index contributed by atoms with van der Waals surface area (Å²) in [5.41, 5.74) is 5.33. The van der Waals surface area contributed by atoms with Gasteiger partial charge < -0.3 is 15.2 Å². The summed E-state index contributed by atoms with van der Waals surface area (Å²) in [6.07, 6.45) is 1.56. The van der Waals surface area contributed by atoms with Crippen LogP contribution in [0.2, 0.25) is 0 Å². The van der Waals surface area contributed by atoms with Crippen LogP contribution in [0.5, 0.6) is 11.5 Å². The third-order valence-corrected chi connectivity index (χ3v) is 3.47. The number of nitrogens with zero attached hydrogens (tertiary/aromatic N) is 1. The molecule has 0 aliphatic rings. The fourth-order valence-corrected chi connectivity index (χ4v) is 2.41. The molecule has 3 rings (SSSR count). The molecule has 1 heterocycles. The molecule has 0 radical (unpaired) electrons. The standard InChI is InChI=1S/C17H15N3O3/c1-10-15(14-4-2-3-5-16(14)19-10)9-18-20-17(23)11-6-12(21)8-13(22)7-11/h2-9,19,21-22H,1H3,(H,20,23)/b18-9+. The maximum absolute atomic E-state index is 12.0. The highest BCUT2D eigenvalue weighted by Crippen LogP contribution is 2.21. The van der Waals surface area contributed by atoms with Crippen LogP contribution in [0.15, 0.2) is 47.6 Å². The first kappa shape index (κ1) is 14.6. The molecule has 0 saturated carbocycles. The Morgan fingerprint density at radius 3 is 2.61 bits per heavy atom. The molecule has 0 aliphatic heterocycles. The minimum atomic E-state index is -0.523. The van der Waals surface area contributed by atoms with Gasteiger partial charge in [-0.1, -0.05) is 18.2 Å². The van der Waals surface area contributed by atoms with Gasteiger partial charge in [-0.2, -0.15) is 5.10 Å². The van der Waals surface area contributed by atoms with Crippen molar-refractivity contribution in [3.63, 3.8) is 0 Å². The molecule has 0 spiro atoms. The van der Waals surface area contributed by atoms with Crippen molar-refractivity contribution >= 4 is 23.0 Å². The topological polar surface area (TPSA) is 97.7 Å². The Balaban J connectivity index is 1.80. The van der Waals surface area contributed by atoms with E-state index in [1.54, 1.807) is 6.21 Å². The van der Waals surface area contributed by atoms with E-state index in [9.17, 15) is 15.0 Å². The number of hydrogen-bond acceptors (Lipinski definition) is 4. The zero-order valence-electron chi connectivity index (χ0n) is 12.4. The fourth-order valence-electron chi connectivity index (χ4n) is 2.41. The molecule has 23 heavy (non-hydrogen) atoms. The number of hydrazone groups is 1. The molecule has 2 aromatic carbocycles. The lowest BCUT2D eigenvalue weighted by atomic mass is 10.1. The molecule has 116 valence electrons. The van der Waals surface area contributed by atoms with Crippen LogP contribution in [0.1, 0.15) is 21.6 Å². The van der Waals surface area contributed by atoms with Gasteiger partial charge >= 0.3 is 0 Å². The second-order valence-electron chi connectivity index (χ2n) is 5.15. The monoisotopic (exact) mass is 309 g/mol. The van der Waals surface area contributed by atoms with Crippen LogP contribution >= 0.6 is 0 Å². The fraction of sp³-hybridized carbons (Fsp3) is 0.0588. The Labute approximate surface area is 132 Å². The summed E-state index contributed by atoms with van der Waals surface area (Å²) in [5.74, 6) is -0.900. The first-order valence-electron chi connectivity index (χ1n) is 6.98. The van der Waals surface area contributed by atoms with Crippen LogP contribution in [-0.4, -0.2) is 27.3 Å². The van der Waals surface area contributed by atoms with E-state index in [1.807, 2.05) is 31.2 Å². The number of carbonyl (C=O) groups excluding carboxylic acids is 1. The molecule has 6 nitrogen and oxygen atoms in total. The van der Waals surface area contributed by atoms with Crippen molar-refractivity contribution in [3.05, 3.63) is 59.3 Å². The van der Waals surface area contributed by atoms with Crippen molar-refractivity contribution in [1.82, 2.24) is 10.4 Å². The number of nitrogens with one attached hydrogen (secondary N) is 2. The number of carbonyl (C=O) groups is 1. The van der Waals surface area contributed by atoms with E-state index in [4.69, 9.17) is 0 Å². The second-order valence-corrected chi connectivity index (χ2v) is 5.15. The van der Waals surface area contributed by atoms with Crippen LogP contribution < -0.4 is 5.43 Å². The minimum Gasteiger partial charge on any atom is -0.508 e. The molecule has 0 bridgehead atoms. The first-order chi connectivity index (χ1) is 11.0. The molecule has 0 saturated heterocycles. The molecule has 1 amide bonds. The molecule has 0 unspecified atom stereocenters. The number of benzene rings is 2. The summed E-state index contributed by atoms with van der Waals surface area (Å²) in [5, 5.41) is 23.7. The smallest absolute Gasteiger partial charge is 0.271 e. The maximum Gasteiger partial charge on any atom is 0.271 e. The van der Waals surface area contributed by atoms with Gasteiger partial charge in [0.2, 0.25) is 0 Å². The average molecular weight is 309 g/mol. The highest BCUT2D eigenvalue weighted by Gasteiger charge is 2.08. The predicted molar refractivity (Wildman–Crippen MR) is 87.9 cm³/mol. The predicted octanol–water partition coefficient (Wildman–Crippen LogP) is 2.65. The number of amides is 1. The summed E-state index contributed by atoms with van der Waals surface area (Å²) in [6.45, 7) is 1.93. The van der Waals surface area contributed by atoms with E-state index < -0.39 is 5.91 Å². The molecule has 0 atom stereocenters. The number of phenols is 2. The number of phenolic OH excluding ortho intramolecular Hbond substituents is 2. The normalized spacial score (nSPS) is 11.2.